The first-order valence-electron chi connectivity index (χ1n) is 6.40. The largest absolute Gasteiger partial charge is 0.396 e. The van der Waals surface area contributed by atoms with Crippen LogP contribution in [0.5, 0.6) is 0 Å². The highest BCUT2D eigenvalue weighted by molar-refractivity contribution is 5.07. The molecule has 19 heavy (non-hydrogen) atoms. The van der Waals surface area contributed by atoms with Crippen molar-refractivity contribution in [1.82, 2.24) is 0 Å². The van der Waals surface area contributed by atoms with E-state index in [1.165, 1.54) is 0 Å². The van der Waals surface area contributed by atoms with E-state index in [1.807, 2.05) is 19.1 Å². The van der Waals surface area contributed by atoms with Crippen LogP contribution < -0.4 is 0 Å². The van der Waals surface area contributed by atoms with Gasteiger partial charge in [0.2, 0.25) is 0 Å². The van der Waals surface area contributed by atoms with Crippen molar-refractivity contribution in [3.05, 3.63) is 37.5 Å². The molecule has 0 aliphatic heterocycles. The summed E-state index contributed by atoms with van der Waals surface area (Å²) in [5, 5.41) is 27.9. The molecule has 0 aromatic carbocycles. The second kappa shape index (κ2) is 9.04. The first-order valence-corrected chi connectivity index (χ1v) is 6.40. The lowest BCUT2D eigenvalue weighted by Gasteiger charge is -2.35. The molecule has 0 radical (unpaired) electrons. The third-order valence-corrected chi connectivity index (χ3v) is 3.12. The average Bonchev–Trinajstić information content (AvgIpc) is 2.42. The molecule has 0 heterocycles. The number of aliphatic hydroxyl groups excluding tert-OH is 3. The van der Waals surface area contributed by atoms with Gasteiger partial charge in [-0.15, -0.1) is 13.2 Å². The van der Waals surface area contributed by atoms with E-state index in [2.05, 4.69) is 13.2 Å². The standard InChI is InChI=1S/C15H26O4/c1-4-7-15(8-5-2,9-6-3)19-13-14(10-16,11-17)12-18/h4-6,9,16-18H,1-2,7-8,10-13H2,3H3. The van der Waals surface area contributed by atoms with E-state index in [0.717, 1.165) is 0 Å². The second-order valence-corrected chi connectivity index (χ2v) is 4.81. The minimum Gasteiger partial charge on any atom is -0.396 e. The summed E-state index contributed by atoms with van der Waals surface area (Å²) in [5.74, 6) is 0. The van der Waals surface area contributed by atoms with Crippen molar-refractivity contribution in [3.8, 4) is 0 Å². The van der Waals surface area contributed by atoms with Gasteiger partial charge in [0, 0.05) is 0 Å². The molecular formula is C15H26O4. The van der Waals surface area contributed by atoms with E-state index in [1.54, 1.807) is 12.2 Å². The van der Waals surface area contributed by atoms with E-state index in [0.29, 0.717) is 12.8 Å². The maximum Gasteiger partial charge on any atom is 0.0930 e. The van der Waals surface area contributed by atoms with E-state index in [-0.39, 0.29) is 26.4 Å². The highest BCUT2D eigenvalue weighted by Gasteiger charge is 2.33. The van der Waals surface area contributed by atoms with Crippen LogP contribution in [0.25, 0.3) is 0 Å². The molecule has 0 fully saturated rings. The van der Waals surface area contributed by atoms with Crippen molar-refractivity contribution >= 4 is 0 Å². The normalized spacial score (nSPS) is 12.8. The molecule has 0 aliphatic rings. The lowest BCUT2D eigenvalue weighted by atomic mass is 9.90. The van der Waals surface area contributed by atoms with Crippen LogP contribution >= 0.6 is 0 Å². The van der Waals surface area contributed by atoms with Gasteiger partial charge in [-0.05, 0) is 19.8 Å². The first kappa shape index (κ1) is 18.1. The molecule has 0 atom stereocenters. The van der Waals surface area contributed by atoms with Crippen LogP contribution in [0.15, 0.2) is 37.5 Å². The van der Waals surface area contributed by atoms with Crippen molar-refractivity contribution in [2.75, 3.05) is 26.4 Å². The van der Waals surface area contributed by atoms with Crippen LogP contribution in [-0.2, 0) is 4.74 Å². The summed E-state index contributed by atoms with van der Waals surface area (Å²) in [6.45, 7) is 8.37. The summed E-state index contributed by atoms with van der Waals surface area (Å²) in [5.41, 5.74) is -1.63. The minimum atomic E-state index is -1.03. The number of hydrogen-bond donors (Lipinski definition) is 3. The van der Waals surface area contributed by atoms with Crippen LogP contribution in [0.3, 0.4) is 0 Å². The maximum absolute atomic E-state index is 9.30. The topological polar surface area (TPSA) is 69.9 Å². The molecule has 0 amide bonds. The molecule has 0 rings (SSSR count). The molecule has 0 aromatic heterocycles. The van der Waals surface area contributed by atoms with Crippen LogP contribution in [0.1, 0.15) is 19.8 Å². The van der Waals surface area contributed by atoms with Crippen LogP contribution in [-0.4, -0.2) is 47.3 Å². The van der Waals surface area contributed by atoms with Gasteiger partial charge in [0.1, 0.15) is 0 Å². The van der Waals surface area contributed by atoms with Crippen molar-refractivity contribution in [3.63, 3.8) is 0 Å². The van der Waals surface area contributed by atoms with Gasteiger partial charge in [-0.1, -0.05) is 24.3 Å². The third-order valence-electron chi connectivity index (χ3n) is 3.12. The van der Waals surface area contributed by atoms with Crippen molar-refractivity contribution in [1.29, 1.82) is 0 Å². The number of ether oxygens (including phenoxy) is 1. The Labute approximate surface area is 115 Å². The summed E-state index contributed by atoms with van der Waals surface area (Å²) in [7, 11) is 0. The molecule has 0 bridgehead atoms. The molecular weight excluding hydrogens is 244 g/mol. The fraction of sp³-hybridized carbons (Fsp3) is 0.600. The number of hydrogen-bond acceptors (Lipinski definition) is 4. The number of aliphatic hydroxyl groups is 3. The second-order valence-electron chi connectivity index (χ2n) is 4.81. The molecule has 0 unspecified atom stereocenters. The Morgan fingerprint density at radius 1 is 1.00 bits per heavy atom. The van der Waals surface area contributed by atoms with Crippen molar-refractivity contribution in [2.45, 2.75) is 25.4 Å². The number of allylic oxidation sites excluding steroid dienone is 1. The molecule has 0 spiro atoms. The van der Waals surface area contributed by atoms with Gasteiger partial charge in [0.25, 0.3) is 0 Å². The van der Waals surface area contributed by atoms with Gasteiger partial charge in [0.05, 0.1) is 37.4 Å². The highest BCUT2D eigenvalue weighted by atomic mass is 16.5. The molecule has 0 saturated carbocycles. The summed E-state index contributed by atoms with van der Waals surface area (Å²) in [6.07, 6.45) is 8.46. The molecule has 0 aliphatic carbocycles. The molecule has 110 valence electrons. The van der Waals surface area contributed by atoms with Crippen molar-refractivity contribution < 1.29 is 20.1 Å². The Balaban J connectivity index is 4.98. The van der Waals surface area contributed by atoms with Gasteiger partial charge >= 0.3 is 0 Å². The highest BCUT2D eigenvalue weighted by Crippen LogP contribution is 2.27. The molecule has 0 aromatic rings. The van der Waals surface area contributed by atoms with Crippen LogP contribution in [0.4, 0.5) is 0 Å². The zero-order chi connectivity index (χ0) is 14.8. The van der Waals surface area contributed by atoms with Gasteiger partial charge in [-0.2, -0.15) is 0 Å². The van der Waals surface area contributed by atoms with E-state index < -0.39 is 11.0 Å². The zero-order valence-corrected chi connectivity index (χ0v) is 11.7. The Hall–Kier alpha value is -0.940. The lowest BCUT2D eigenvalue weighted by molar-refractivity contribution is -0.102. The lowest BCUT2D eigenvalue weighted by Crippen LogP contribution is -2.43. The van der Waals surface area contributed by atoms with Crippen LogP contribution in [0.2, 0.25) is 0 Å². The van der Waals surface area contributed by atoms with E-state index in [9.17, 15) is 15.3 Å². The maximum atomic E-state index is 9.30. The predicted octanol–water partition coefficient (Wildman–Crippen LogP) is 1.43. The van der Waals surface area contributed by atoms with E-state index >= 15 is 0 Å². The zero-order valence-electron chi connectivity index (χ0n) is 11.7. The van der Waals surface area contributed by atoms with Gasteiger partial charge in [-0.25, -0.2) is 0 Å². The Kier molecular flexibility index (Phi) is 8.59. The fourth-order valence-electron chi connectivity index (χ4n) is 1.76. The predicted molar refractivity (Wildman–Crippen MR) is 76.8 cm³/mol. The molecule has 0 saturated heterocycles. The monoisotopic (exact) mass is 270 g/mol. The van der Waals surface area contributed by atoms with Crippen LogP contribution in [0, 0.1) is 5.41 Å². The molecule has 4 nitrogen and oxygen atoms in total. The summed E-state index contributed by atoms with van der Waals surface area (Å²) < 4.78 is 5.88. The SMILES string of the molecule is C=CCC(C=CC)(CC=C)OCC(CO)(CO)CO. The molecule has 4 heteroatoms. The fourth-order valence-corrected chi connectivity index (χ4v) is 1.76. The Morgan fingerprint density at radius 3 is 1.79 bits per heavy atom. The summed E-state index contributed by atoms with van der Waals surface area (Å²) in [4.78, 5) is 0. The number of rotatable bonds is 11. The average molecular weight is 270 g/mol. The Bertz CT molecular complexity index is 274. The van der Waals surface area contributed by atoms with Gasteiger partial charge in [-0.3, -0.25) is 0 Å². The quantitative estimate of drug-likeness (QED) is 0.497. The third kappa shape index (κ3) is 5.28. The summed E-state index contributed by atoms with van der Waals surface area (Å²) >= 11 is 0. The van der Waals surface area contributed by atoms with Crippen molar-refractivity contribution in [2.24, 2.45) is 5.41 Å². The molecule has 3 N–H and O–H groups in total. The van der Waals surface area contributed by atoms with E-state index in [4.69, 9.17) is 4.74 Å². The minimum absolute atomic E-state index is 0.0581. The smallest absolute Gasteiger partial charge is 0.0930 e. The van der Waals surface area contributed by atoms with Gasteiger partial charge < -0.3 is 20.1 Å². The van der Waals surface area contributed by atoms with Gasteiger partial charge in [0.15, 0.2) is 0 Å². The Morgan fingerprint density at radius 2 is 1.47 bits per heavy atom. The first-order chi connectivity index (χ1) is 9.07. The summed E-state index contributed by atoms with van der Waals surface area (Å²) in [6, 6.07) is 0.